The van der Waals surface area contributed by atoms with Crippen molar-refractivity contribution in [3.05, 3.63) is 36.2 Å². The molecule has 0 bridgehead atoms. The summed E-state index contributed by atoms with van der Waals surface area (Å²) in [7, 11) is 1.64. The largest absolute Gasteiger partial charge is 0.497 e. The van der Waals surface area contributed by atoms with E-state index in [4.69, 9.17) is 9.15 Å². The number of hydrogen-bond acceptors (Lipinski definition) is 8. The maximum atomic E-state index is 5.54. The summed E-state index contributed by atoms with van der Waals surface area (Å²) in [6, 6.07) is 7.63. The van der Waals surface area contributed by atoms with E-state index in [0.29, 0.717) is 11.6 Å². The average molecular weight is 351 g/mol. The van der Waals surface area contributed by atoms with E-state index >= 15 is 0 Å². The zero-order valence-corrected chi connectivity index (χ0v) is 14.4. The summed E-state index contributed by atoms with van der Waals surface area (Å²) in [6.45, 7) is 0. The predicted octanol–water partition coefficient (Wildman–Crippen LogP) is 4.22. The summed E-state index contributed by atoms with van der Waals surface area (Å²) in [4.78, 5) is 4.50. The van der Waals surface area contributed by atoms with Crippen LogP contribution in [0.1, 0.15) is 5.69 Å². The maximum Gasteiger partial charge on any atom is 0.226 e. The van der Waals surface area contributed by atoms with Crippen LogP contribution in [0.4, 0.5) is 0 Å². The standard InChI is InChI=1S/C14H13N3O2S3/c1-18-11-5-3-9(4-6-11)12-15-10(7-19-12)8-21-14-17-16-13(20-2)22-14/h3-7H,8H2,1-2H3. The van der Waals surface area contributed by atoms with Crippen LogP contribution >= 0.6 is 34.9 Å². The van der Waals surface area contributed by atoms with Gasteiger partial charge in [-0.15, -0.1) is 10.2 Å². The molecule has 3 aromatic rings. The molecule has 0 aliphatic carbocycles. The van der Waals surface area contributed by atoms with Crippen molar-refractivity contribution < 1.29 is 9.15 Å². The van der Waals surface area contributed by atoms with Gasteiger partial charge in [-0.3, -0.25) is 0 Å². The topological polar surface area (TPSA) is 61.0 Å². The number of ether oxygens (including phenoxy) is 1. The Hall–Kier alpha value is -1.51. The molecule has 0 spiro atoms. The fourth-order valence-electron chi connectivity index (χ4n) is 1.71. The Morgan fingerprint density at radius 2 is 1.95 bits per heavy atom. The van der Waals surface area contributed by atoms with E-state index in [-0.39, 0.29) is 0 Å². The first-order valence-corrected chi connectivity index (χ1v) is 9.40. The molecule has 22 heavy (non-hydrogen) atoms. The van der Waals surface area contributed by atoms with Gasteiger partial charge in [-0.1, -0.05) is 34.9 Å². The number of nitrogens with zero attached hydrogens (tertiary/aromatic N) is 3. The van der Waals surface area contributed by atoms with Crippen molar-refractivity contribution >= 4 is 34.9 Å². The minimum Gasteiger partial charge on any atom is -0.497 e. The Labute approximate surface area is 140 Å². The predicted molar refractivity (Wildman–Crippen MR) is 89.7 cm³/mol. The summed E-state index contributed by atoms with van der Waals surface area (Å²) in [6.07, 6.45) is 3.68. The van der Waals surface area contributed by atoms with Crippen molar-refractivity contribution in [1.29, 1.82) is 0 Å². The van der Waals surface area contributed by atoms with Crippen LogP contribution in [0.5, 0.6) is 5.75 Å². The van der Waals surface area contributed by atoms with E-state index in [1.165, 1.54) is 0 Å². The quantitative estimate of drug-likeness (QED) is 0.616. The lowest BCUT2D eigenvalue weighted by Crippen LogP contribution is -1.84. The van der Waals surface area contributed by atoms with E-state index in [1.807, 2.05) is 30.5 Å². The molecule has 0 N–H and O–H groups in total. The zero-order valence-electron chi connectivity index (χ0n) is 12.0. The summed E-state index contributed by atoms with van der Waals surface area (Å²) in [5.41, 5.74) is 1.81. The number of benzene rings is 1. The van der Waals surface area contributed by atoms with Gasteiger partial charge < -0.3 is 9.15 Å². The zero-order chi connectivity index (χ0) is 15.4. The molecule has 5 nitrogen and oxygen atoms in total. The highest BCUT2D eigenvalue weighted by atomic mass is 32.2. The molecule has 0 atom stereocenters. The second-order valence-electron chi connectivity index (χ2n) is 4.20. The number of rotatable bonds is 6. The number of oxazole rings is 1. The maximum absolute atomic E-state index is 5.54. The van der Waals surface area contributed by atoms with Crippen LogP contribution in [0, 0.1) is 0 Å². The molecule has 0 fully saturated rings. The SMILES string of the molecule is COc1ccc(-c2nc(CSc3nnc(SC)s3)co2)cc1. The lowest BCUT2D eigenvalue weighted by Gasteiger charge is -1.99. The van der Waals surface area contributed by atoms with Crippen LogP contribution in [0.25, 0.3) is 11.5 Å². The van der Waals surface area contributed by atoms with Gasteiger partial charge in [-0.2, -0.15) is 0 Å². The summed E-state index contributed by atoms with van der Waals surface area (Å²) in [5, 5.41) is 8.20. The summed E-state index contributed by atoms with van der Waals surface area (Å²) < 4.78 is 12.6. The summed E-state index contributed by atoms with van der Waals surface area (Å²) >= 11 is 4.81. The molecule has 2 heterocycles. The number of aromatic nitrogens is 3. The van der Waals surface area contributed by atoms with Crippen molar-refractivity contribution in [3.8, 4) is 17.2 Å². The molecule has 8 heteroatoms. The first-order chi connectivity index (χ1) is 10.8. The van der Waals surface area contributed by atoms with Crippen LogP contribution in [0.15, 0.2) is 43.6 Å². The van der Waals surface area contributed by atoms with Gasteiger partial charge in [0.25, 0.3) is 0 Å². The van der Waals surface area contributed by atoms with Crippen LogP contribution in [-0.2, 0) is 5.75 Å². The third-order valence-corrected chi connectivity index (χ3v) is 5.86. The Bertz CT molecular complexity index is 740. The highest BCUT2D eigenvalue weighted by molar-refractivity contribution is 8.02. The van der Waals surface area contributed by atoms with Gasteiger partial charge in [-0.05, 0) is 30.5 Å². The lowest BCUT2D eigenvalue weighted by molar-refractivity contribution is 0.415. The molecule has 0 unspecified atom stereocenters. The van der Waals surface area contributed by atoms with Gasteiger partial charge in [0.15, 0.2) is 8.68 Å². The molecular formula is C14H13N3O2S3. The number of methoxy groups -OCH3 is 1. The fourth-order valence-corrected chi connectivity index (χ4v) is 4.03. The van der Waals surface area contributed by atoms with Crippen LogP contribution in [-0.4, -0.2) is 28.5 Å². The third-order valence-electron chi connectivity index (χ3n) is 2.79. The first-order valence-electron chi connectivity index (χ1n) is 6.37. The Morgan fingerprint density at radius 1 is 1.18 bits per heavy atom. The fraction of sp³-hybridized carbons (Fsp3) is 0.214. The van der Waals surface area contributed by atoms with E-state index in [2.05, 4.69) is 15.2 Å². The molecule has 0 saturated carbocycles. The molecule has 0 saturated heterocycles. The molecule has 3 rings (SSSR count). The minimum absolute atomic E-state index is 0.611. The van der Waals surface area contributed by atoms with Crippen LogP contribution in [0.3, 0.4) is 0 Å². The average Bonchev–Trinajstić information content (AvgIpc) is 3.22. The van der Waals surface area contributed by atoms with Gasteiger partial charge >= 0.3 is 0 Å². The van der Waals surface area contributed by atoms with Gasteiger partial charge in [0.2, 0.25) is 5.89 Å². The second kappa shape index (κ2) is 7.17. The van der Waals surface area contributed by atoms with Gasteiger partial charge in [0.1, 0.15) is 12.0 Å². The second-order valence-corrected chi connectivity index (χ2v) is 7.45. The van der Waals surface area contributed by atoms with Crippen molar-refractivity contribution in [3.63, 3.8) is 0 Å². The molecule has 2 aromatic heterocycles. The highest BCUT2D eigenvalue weighted by Crippen LogP contribution is 2.30. The van der Waals surface area contributed by atoms with Crippen LogP contribution in [0.2, 0.25) is 0 Å². The van der Waals surface area contributed by atoms with Gasteiger partial charge in [0, 0.05) is 11.3 Å². The van der Waals surface area contributed by atoms with E-state index in [9.17, 15) is 0 Å². The molecular weight excluding hydrogens is 338 g/mol. The number of hydrogen-bond donors (Lipinski definition) is 0. The van der Waals surface area contributed by atoms with Crippen molar-refractivity contribution in [2.45, 2.75) is 14.4 Å². The smallest absolute Gasteiger partial charge is 0.226 e. The van der Waals surface area contributed by atoms with E-state index < -0.39 is 0 Å². The lowest BCUT2D eigenvalue weighted by atomic mass is 10.2. The van der Waals surface area contributed by atoms with Crippen molar-refractivity contribution in [2.24, 2.45) is 0 Å². The van der Waals surface area contributed by atoms with Crippen LogP contribution < -0.4 is 4.74 Å². The molecule has 0 amide bonds. The van der Waals surface area contributed by atoms with E-state index in [0.717, 1.165) is 25.7 Å². The van der Waals surface area contributed by atoms with Crippen molar-refractivity contribution in [1.82, 2.24) is 15.2 Å². The Kier molecular flexibility index (Phi) is 5.01. The molecule has 0 radical (unpaired) electrons. The normalized spacial score (nSPS) is 10.8. The number of thioether (sulfide) groups is 2. The van der Waals surface area contributed by atoms with Gasteiger partial charge in [0.05, 0.1) is 12.8 Å². The summed E-state index contributed by atoms with van der Waals surface area (Å²) in [5.74, 6) is 2.13. The molecule has 114 valence electrons. The third kappa shape index (κ3) is 3.63. The minimum atomic E-state index is 0.611. The highest BCUT2D eigenvalue weighted by Gasteiger charge is 2.09. The van der Waals surface area contributed by atoms with E-state index in [1.54, 1.807) is 48.2 Å². The van der Waals surface area contributed by atoms with Crippen molar-refractivity contribution in [2.75, 3.05) is 13.4 Å². The molecule has 1 aromatic carbocycles. The molecule has 0 aliphatic heterocycles. The Balaban J connectivity index is 1.65. The molecule has 0 aliphatic rings. The Morgan fingerprint density at radius 3 is 2.64 bits per heavy atom. The first kappa shape index (κ1) is 15.4. The van der Waals surface area contributed by atoms with Gasteiger partial charge in [-0.25, -0.2) is 4.98 Å². The monoisotopic (exact) mass is 351 g/mol.